The van der Waals surface area contributed by atoms with Crippen LogP contribution < -0.4 is 0 Å². The summed E-state index contributed by atoms with van der Waals surface area (Å²) in [6.07, 6.45) is 0. The molecule has 0 unspecified atom stereocenters. The highest BCUT2D eigenvalue weighted by Crippen LogP contribution is 2.50. The first kappa shape index (κ1) is 14.7. The highest BCUT2D eigenvalue weighted by molar-refractivity contribution is 8.21. The van der Waals surface area contributed by atoms with E-state index in [0.29, 0.717) is 11.1 Å². The number of carbonyl (C=O) groups excluding carboxylic acids is 2. The van der Waals surface area contributed by atoms with Gasteiger partial charge in [-0.3, -0.25) is 9.59 Å². The molecule has 0 saturated heterocycles. The van der Waals surface area contributed by atoms with Gasteiger partial charge in [0.05, 0.1) is 0 Å². The predicted molar refractivity (Wildman–Crippen MR) is 83.3 cm³/mol. The predicted octanol–water partition coefficient (Wildman–Crippen LogP) is 4.05. The molecule has 2 nitrogen and oxygen atoms in total. The second-order valence-corrected chi connectivity index (χ2v) is 8.99. The van der Waals surface area contributed by atoms with Crippen molar-refractivity contribution in [1.82, 2.24) is 0 Å². The van der Waals surface area contributed by atoms with E-state index in [1.807, 2.05) is 39.8 Å². The Morgan fingerprint density at radius 1 is 0.842 bits per heavy atom. The van der Waals surface area contributed by atoms with Crippen LogP contribution in [-0.4, -0.2) is 26.1 Å². The molecule has 2 rings (SSSR count). The van der Waals surface area contributed by atoms with Crippen LogP contribution in [0.1, 0.15) is 48.4 Å². The third kappa shape index (κ3) is 2.48. The van der Waals surface area contributed by atoms with Gasteiger partial charge in [0, 0.05) is 21.6 Å². The van der Waals surface area contributed by atoms with E-state index >= 15 is 0 Å². The molecule has 1 aliphatic rings. The summed E-state index contributed by atoms with van der Waals surface area (Å²) in [7, 11) is 0. The van der Waals surface area contributed by atoms with Crippen LogP contribution in [0.25, 0.3) is 0 Å². The van der Waals surface area contributed by atoms with Crippen molar-refractivity contribution in [2.45, 2.75) is 42.3 Å². The van der Waals surface area contributed by atoms with Crippen LogP contribution in [0.5, 0.6) is 0 Å². The van der Waals surface area contributed by atoms with Gasteiger partial charge >= 0.3 is 0 Å². The molecule has 0 radical (unpaired) electrons. The SMILES string of the molecule is CC(C)SC1(SC(C)C)C(=O)c2ccccc2C1=O. The van der Waals surface area contributed by atoms with Crippen molar-refractivity contribution in [2.24, 2.45) is 0 Å². The monoisotopic (exact) mass is 294 g/mol. The molecular weight excluding hydrogens is 276 g/mol. The summed E-state index contributed by atoms with van der Waals surface area (Å²) in [5.74, 6) is -0.0731. The molecule has 4 heteroatoms. The molecule has 0 aromatic heterocycles. The Hall–Kier alpha value is -0.740. The smallest absolute Gasteiger partial charge is 0.197 e. The number of benzene rings is 1. The molecule has 0 amide bonds. The van der Waals surface area contributed by atoms with Gasteiger partial charge in [0.2, 0.25) is 0 Å². The van der Waals surface area contributed by atoms with Crippen LogP contribution in [0.2, 0.25) is 0 Å². The molecule has 1 aliphatic carbocycles. The normalized spacial score (nSPS) is 17.4. The first-order chi connectivity index (χ1) is 8.88. The molecule has 19 heavy (non-hydrogen) atoms. The van der Waals surface area contributed by atoms with Crippen molar-refractivity contribution in [3.05, 3.63) is 35.4 Å². The quantitative estimate of drug-likeness (QED) is 0.620. The molecule has 0 N–H and O–H groups in total. The highest BCUT2D eigenvalue weighted by atomic mass is 32.2. The van der Waals surface area contributed by atoms with Crippen molar-refractivity contribution >= 4 is 35.1 Å². The summed E-state index contributed by atoms with van der Waals surface area (Å²) in [5.41, 5.74) is 1.16. The number of thioether (sulfide) groups is 2. The van der Waals surface area contributed by atoms with Gasteiger partial charge in [-0.1, -0.05) is 52.0 Å². The van der Waals surface area contributed by atoms with Crippen molar-refractivity contribution in [2.75, 3.05) is 0 Å². The minimum Gasteiger partial charge on any atom is -0.291 e. The lowest BCUT2D eigenvalue weighted by molar-refractivity contribution is 0.0915. The second-order valence-electron chi connectivity index (χ2n) is 5.15. The lowest BCUT2D eigenvalue weighted by atomic mass is 10.1. The molecule has 0 bridgehead atoms. The van der Waals surface area contributed by atoms with Crippen LogP contribution in [0.3, 0.4) is 0 Å². The van der Waals surface area contributed by atoms with Gasteiger partial charge in [-0.2, -0.15) is 0 Å². The Morgan fingerprint density at radius 2 is 1.21 bits per heavy atom. The number of ketones is 2. The molecule has 0 atom stereocenters. The lowest BCUT2D eigenvalue weighted by Crippen LogP contribution is -2.37. The van der Waals surface area contributed by atoms with E-state index in [-0.39, 0.29) is 22.1 Å². The van der Waals surface area contributed by atoms with Crippen LogP contribution in [0, 0.1) is 0 Å². The van der Waals surface area contributed by atoms with Gasteiger partial charge in [-0.25, -0.2) is 0 Å². The zero-order valence-electron chi connectivity index (χ0n) is 11.6. The highest BCUT2D eigenvalue weighted by Gasteiger charge is 2.54. The van der Waals surface area contributed by atoms with Crippen LogP contribution in [0.4, 0.5) is 0 Å². The summed E-state index contributed by atoms with van der Waals surface area (Å²) in [6.45, 7) is 8.10. The number of hydrogen-bond donors (Lipinski definition) is 0. The molecule has 0 fully saturated rings. The Kier molecular flexibility index (Phi) is 4.11. The fourth-order valence-electron chi connectivity index (χ4n) is 2.24. The van der Waals surface area contributed by atoms with Gasteiger partial charge < -0.3 is 0 Å². The van der Waals surface area contributed by atoms with Gasteiger partial charge in [-0.15, -0.1) is 23.5 Å². The zero-order chi connectivity index (χ0) is 14.2. The Labute approximate surface area is 122 Å². The standard InChI is InChI=1S/C15H18O2S2/c1-9(2)18-15(19-10(3)4)13(16)11-7-5-6-8-12(11)14(15)17/h5-10H,1-4H3. The van der Waals surface area contributed by atoms with E-state index in [0.717, 1.165) is 0 Å². The molecule has 1 aromatic rings. The van der Waals surface area contributed by atoms with E-state index in [1.54, 1.807) is 12.1 Å². The van der Waals surface area contributed by atoms with Crippen molar-refractivity contribution in [3.8, 4) is 0 Å². The Bertz CT molecular complexity index is 474. The fourth-order valence-corrected chi connectivity index (χ4v) is 5.82. The topological polar surface area (TPSA) is 34.1 Å². The summed E-state index contributed by atoms with van der Waals surface area (Å²) in [5, 5.41) is 0.460. The Morgan fingerprint density at radius 3 is 1.53 bits per heavy atom. The average molecular weight is 294 g/mol. The summed E-state index contributed by atoms with van der Waals surface area (Å²) in [6, 6.07) is 7.17. The number of Topliss-reactive ketones (excluding diaryl/α,β-unsaturated/α-hetero) is 2. The molecular formula is C15H18O2S2. The minimum atomic E-state index is -0.980. The molecule has 0 aliphatic heterocycles. The summed E-state index contributed by atoms with van der Waals surface area (Å²) in [4.78, 5) is 25.5. The third-order valence-corrected chi connectivity index (χ3v) is 5.74. The third-order valence-electron chi connectivity index (χ3n) is 2.82. The minimum absolute atomic E-state index is 0.0366. The maximum Gasteiger partial charge on any atom is 0.197 e. The van der Waals surface area contributed by atoms with Crippen LogP contribution >= 0.6 is 23.5 Å². The van der Waals surface area contributed by atoms with E-state index in [9.17, 15) is 9.59 Å². The second kappa shape index (κ2) is 5.33. The molecule has 102 valence electrons. The van der Waals surface area contributed by atoms with Gasteiger partial charge in [0.1, 0.15) is 0 Å². The van der Waals surface area contributed by atoms with Crippen molar-refractivity contribution < 1.29 is 9.59 Å². The molecule has 0 saturated carbocycles. The van der Waals surface area contributed by atoms with Crippen LogP contribution in [0.15, 0.2) is 24.3 Å². The molecule has 0 heterocycles. The first-order valence-electron chi connectivity index (χ1n) is 6.42. The van der Waals surface area contributed by atoms with E-state index < -0.39 is 4.08 Å². The van der Waals surface area contributed by atoms with Crippen molar-refractivity contribution in [3.63, 3.8) is 0 Å². The molecule has 0 spiro atoms. The summed E-state index contributed by atoms with van der Waals surface area (Å²) >= 11 is 2.95. The van der Waals surface area contributed by atoms with Gasteiger partial charge in [-0.05, 0) is 0 Å². The van der Waals surface area contributed by atoms with Gasteiger partial charge in [0.25, 0.3) is 0 Å². The number of fused-ring (bicyclic) bond motifs is 1. The van der Waals surface area contributed by atoms with E-state index in [4.69, 9.17) is 0 Å². The van der Waals surface area contributed by atoms with Crippen LogP contribution in [-0.2, 0) is 0 Å². The van der Waals surface area contributed by atoms with E-state index in [1.165, 1.54) is 23.5 Å². The van der Waals surface area contributed by atoms with Gasteiger partial charge in [0.15, 0.2) is 15.6 Å². The number of carbonyl (C=O) groups is 2. The number of rotatable bonds is 4. The van der Waals surface area contributed by atoms with E-state index in [2.05, 4.69) is 0 Å². The maximum atomic E-state index is 12.7. The summed E-state index contributed by atoms with van der Waals surface area (Å²) < 4.78 is -0.980. The first-order valence-corrected chi connectivity index (χ1v) is 8.18. The average Bonchev–Trinajstić information content (AvgIpc) is 2.52. The Balaban J connectivity index is 2.51. The largest absolute Gasteiger partial charge is 0.291 e. The zero-order valence-corrected chi connectivity index (χ0v) is 13.2. The van der Waals surface area contributed by atoms with Crippen molar-refractivity contribution in [1.29, 1.82) is 0 Å². The fraction of sp³-hybridized carbons (Fsp3) is 0.467. The lowest BCUT2D eigenvalue weighted by Gasteiger charge is -2.28. The maximum absolute atomic E-state index is 12.7. The molecule has 1 aromatic carbocycles. The number of hydrogen-bond acceptors (Lipinski definition) is 4.